The molecule has 4 aliphatic carbocycles. The second-order valence-corrected chi connectivity index (χ2v) is 6.63. The largest absolute Gasteiger partial charge is 0.459 e. The number of ether oxygens (including phenoxy) is 1. The number of hydrogen-bond acceptors (Lipinski definition) is 2. The molecule has 0 aromatic rings. The highest BCUT2D eigenvalue weighted by Gasteiger charge is 2.62. The predicted molar refractivity (Wildman–Crippen MR) is 61.8 cm³/mol. The van der Waals surface area contributed by atoms with Crippen molar-refractivity contribution in [3.63, 3.8) is 0 Å². The van der Waals surface area contributed by atoms with Gasteiger partial charge in [-0.05, 0) is 50.4 Å². The van der Waals surface area contributed by atoms with Gasteiger partial charge in [-0.2, -0.15) is 0 Å². The van der Waals surface area contributed by atoms with Gasteiger partial charge in [0.15, 0.2) is 0 Å². The Morgan fingerprint density at radius 2 is 2.00 bits per heavy atom. The van der Waals surface area contributed by atoms with Gasteiger partial charge in [-0.25, -0.2) is 0 Å². The normalized spacial score (nSPS) is 49.0. The molecule has 0 saturated heterocycles. The van der Waals surface area contributed by atoms with Crippen molar-refractivity contribution in [1.29, 1.82) is 0 Å². The first-order valence-corrected chi connectivity index (χ1v) is 6.73. The second-order valence-electron chi connectivity index (χ2n) is 6.63. The van der Waals surface area contributed by atoms with Crippen LogP contribution in [0.15, 0.2) is 0 Å². The van der Waals surface area contributed by atoms with E-state index in [2.05, 4.69) is 6.92 Å². The Bertz CT molecular complexity index is 319. The van der Waals surface area contributed by atoms with E-state index in [1.165, 1.54) is 25.7 Å². The summed E-state index contributed by atoms with van der Waals surface area (Å²) in [7, 11) is 0. The van der Waals surface area contributed by atoms with Crippen LogP contribution in [0, 0.1) is 29.6 Å². The number of hydrogen-bond donors (Lipinski definition) is 0. The fourth-order valence-electron chi connectivity index (χ4n) is 4.52. The first kappa shape index (κ1) is 10.6. The van der Waals surface area contributed by atoms with Crippen LogP contribution in [-0.2, 0) is 9.53 Å². The Morgan fingerprint density at radius 1 is 1.25 bits per heavy atom. The molecule has 4 bridgehead atoms. The van der Waals surface area contributed by atoms with E-state index in [9.17, 15) is 4.79 Å². The average molecular weight is 222 g/mol. The van der Waals surface area contributed by atoms with Crippen LogP contribution in [0.25, 0.3) is 0 Å². The van der Waals surface area contributed by atoms with Crippen LogP contribution in [-0.4, -0.2) is 11.6 Å². The highest BCUT2D eigenvalue weighted by molar-refractivity contribution is 5.72. The van der Waals surface area contributed by atoms with E-state index in [4.69, 9.17) is 4.74 Å². The summed E-state index contributed by atoms with van der Waals surface area (Å²) in [6.45, 7) is 6.05. The minimum absolute atomic E-state index is 0.00139. The summed E-state index contributed by atoms with van der Waals surface area (Å²) in [6.07, 6.45) is 5.32. The van der Waals surface area contributed by atoms with Crippen molar-refractivity contribution in [2.24, 2.45) is 29.6 Å². The molecule has 16 heavy (non-hydrogen) atoms. The Hall–Kier alpha value is -0.530. The van der Waals surface area contributed by atoms with Crippen molar-refractivity contribution in [2.45, 2.75) is 52.1 Å². The van der Waals surface area contributed by atoms with Gasteiger partial charge in [0, 0.05) is 5.92 Å². The standard InChI is InChI=1S/C14H22O2/c1-8(2)13(15)16-14(3)11-5-9-4-10(7-11)12(14)6-9/h8-12H,4-7H2,1-3H3. The number of esters is 1. The van der Waals surface area contributed by atoms with Crippen LogP contribution >= 0.6 is 0 Å². The van der Waals surface area contributed by atoms with Gasteiger partial charge in [-0.15, -0.1) is 0 Å². The quantitative estimate of drug-likeness (QED) is 0.671. The SMILES string of the molecule is CC(C)C(=O)OC1(C)C2CC3CC(C2)C1C3. The first-order valence-electron chi connectivity index (χ1n) is 6.73. The molecule has 5 atom stereocenters. The molecule has 0 heterocycles. The van der Waals surface area contributed by atoms with Crippen molar-refractivity contribution in [1.82, 2.24) is 0 Å². The Morgan fingerprint density at radius 3 is 2.62 bits per heavy atom. The maximum absolute atomic E-state index is 11.8. The van der Waals surface area contributed by atoms with Crippen LogP contribution in [0.2, 0.25) is 0 Å². The molecule has 90 valence electrons. The summed E-state index contributed by atoms with van der Waals surface area (Å²) in [5.41, 5.74) is -0.126. The Balaban J connectivity index is 1.81. The summed E-state index contributed by atoms with van der Waals surface area (Å²) in [5.74, 6) is 3.12. The van der Waals surface area contributed by atoms with E-state index in [0.29, 0.717) is 11.8 Å². The number of carbonyl (C=O) groups excluding carboxylic acids is 1. The minimum Gasteiger partial charge on any atom is -0.459 e. The lowest BCUT2D eigenvalue weighted by Crippen LogP contribution is -2.45. The lowest BCUT2D eigenvalue weighted by molar-refractivity contribution is -0.174. The molecule has 4 aliphatic rings. The molecule has 2 heteroatoms. The van der Waals surface area contributed by atoms with Crippen molar-refractivity contribution >= 4 is 5.97 Å². The van der Waals surface area contributed by atoms with Gasteiger partial charge in [0.05, 0.1) is 5.92 Å². The average Bonchev–Trinajstić information content (AvgIpc) is 2.60. The van der Waals surface area contributed by atoms with Crippen molar-refractivity contribution in [3.05, 3.63) is 0 Å². The van der Waals surface area contributed by atoms with E-state index in [1.807, 2.05) is 13.8 Å². The van der Waals surface area contributed by atoms with Crippen molar-refractivity contribution in [2.75, 3.05) is 0 Å². The molecule has 4 fully saturated rings. The van der Waals surface area contributed by atoms with Crippen LogP contribution in [0.4, 0.5) is 0 Å². The maximum Gasteiger partial charge on any atom is 0.308 e. The van der Waals surface area contributed by atoms with Gasteiger partial charge >= 0.3 is 5.97 Å². The molecular weight excluding hydrogens is 200 g/mol. The molecule has 0 aromatic carbocycles. The zero-order valence-corrected chi connectivity index (χ0v) is 10.5. The molecule has 0 amide bonds. The Labute approximate surface area is 97.7 Å². The van der Waals surface area contributed by atoms with Gasteiger partial charge in [-0.3, -0.25) is 4.79 Å². The topological polar surface area (TPSA) is 26.3 Å². The zero-order chi connectivity index (χ0) is 11.5. The molecular formula is C14H22O2. The van der Waals surface area contributed by atoms with E-state index < -0.39 is 0 Å². The number of carbonyl (C=O) groups is 1. The third-order valence-electron chi connectivity index (χ3n) is 5.34. The monoisotopic (exact) mass is 222 g/mol. The molecule has 0 aliphatic heterocycles. The third kappa shape index (κ3) is 1.28. The van der Waals surface area contributed by atoms with E-state index in [-0.39, 0.29) is 17.5 Å². The van der Waals surface area contributed by atoms with Gasteiger partial charge in [-0.1, -0.05) is 13.8 Å². The van der Waals surface area contributed by atoms with Crippen LogP contribution in [0.1, 0.15) is 46.5 Å². The van der Waals surface area contributed by atoms with Gasteiger partial charge < -0.3 is 4.74 Å². The molecule has 2 nitrogen and oxygen atoms in total. The van der Waals surface area contributed by atoms with Gasteiger partial charge in [0.2, 0.25) is 0 Å². The smallest absolute Gasteiger partial charge is 0.308 e. The fourth-order valence-corrected chi connectivity index (χ4v) is 4.52. The highest BCUT2D eigenvalue weighted by Crippen LogP contribution is 2.63. The third-order valence-corrected chi connectivity index (χ3v) is 5.34. The summed E-state index contributed by atoms with van der Waals surface area (Å²) < 4.78 is 5.89. The number of rotatable bonds is 2. The van der Waals surface area contributed by atoms with Crippen molar-refractivity contribution in [3.8, 4) is 0 Å². The zero-order valence-electron chi connectivity index (χ0n) is 10.5. The Kier molecular flexibility index (Phi) is 2.15. The summed E-state index contributed by atoms with van der Waals surface area (Å²) in [4.78, 5) is 11.8. The molecule has 4 rings (SSSR count). The van der Waals surface area contributed by atoms with Crippen molar-refractivity contribution < 1.29 is 9.53 Å². The van der Waals surface area contributed by atoms with Gasteiger partial charge in [0.25, 0.3) is 0 Å². The fraction of sp³-hybridized carbons (Fsp3) is 0.929. The van der Waals surface area contributed by atoms with E-state index >= 15 is 0 Å². The van der Waals surface area contributed by atoms with E-state index in [0.717, 1.165) is 11.8 Å². The first-order chi connectivity index (χ1) is 7.50. The molecule has 0 aromatic heterocycles. The van der Waals surface area contributed by atoms with Crippen LogP contribution in [0.5, 0.6) is 0 Å². The lowest BCUT2D eigenvalue weighted by Gasteiger charge is -2.41. The van der Waals surface area contributed by atoms with Crippen LogP contribution in [0.3, 0.4) is 0 Å². The summed E-state index contributed by atoms with van der Waals surface area (Å²) in [5, 5.41) is 0. The summed E-state index contributed by atoms with van der Waals surface area (Å²) in [6, 6.07) is 0. The molecule has 4 saturated carbocycles. The predicted octanol–water partition coefficient (Wildman–Crippen LogP) is 3.01. The molecule has 0 N–H and O–H groups in total. The molecule has 0 spiro atoms. The summed E-state index contributed by atoms with van der Waals surface area (Å²) >= 11 is 0. The van der Waals surface area contributed by atoms with Gasteiger partial charge in [0.1, 0.15) is 5.60 Å². The molecule has 5 unspecified atom stereocenters. The van der Waals surface area contributed by atoms with Crippen LogP contribution < -0.4 is 0 Å². The lowest BCUT2D eigenvalue weighted by atomic mass is 9.73. The minimum atomic E-state index is -0.126. The highest BCUT2D eigenvalue weighted by atomic mass is 16.6. The molecule has 0 radical (unpaired) electrons. The maximum atomic E-state index is 11.8. The van der Waals surface area contributed by atoms with E-state index in [1.54, 1.807) is 0 Å². The second kappa shape index (κ2) is 3.24.